The molecule has 0 radical (unpaired) electrons. The van der Waals surface area contributed by atoms with E-state index in [0.29, 0.717) is 0 Å². The highest BCUT2D eigenvalue weighted by Gasteiger charge is 2.20. The molecule has 0 N–H and O–H groups in total. The van der Waals surface area contributed by atoms with E-state index in [9.17, 15) is 4.57 Å². The van der Waals surface area contributed by atoms with E-state index in [0.717, 1.165) is 18.5 Å². The lowest BCUT2D eigenvalue weighted by Crippen LogP contribution is -2.02. The standard InChI is InChI=1S/C36H75OP/c1-4-7-10-13-16-19-22-25-28-31-34-38(37,35-32-29-26-23-20-17-14-11-8-5-2)36-33-30-27-24-21-18-15-12-9-6-3/h4-36H2,1-3H3. The average Bonchev–Trinajstić information content (AvgIpc) is 2.92. The molecule has 0 aliphatic heterocycles. The molecule has 1 nitrogen and oxygen atoms in total. The largest absolute Gasteiger partial charge is 0.324 e. The van der Waals surface area contributed by atoms with Gasteiger partial charge in [-0.2, -0.15) is 0 Å². The lowest BCUT2D eigenvalue weighted by Gasteiger charge is -2.19. The van der Waals surface area contributed by atoms with E-state index in [-0.39, 0.29) is 0 Å². The molecule has 0 aliphatic rings. The average molecular weight is 555 g/mol. The summed E-state index contributed by atoms with van der Waals surface area (Å²) in [6.07, 6.45) is 44.4. The summed E-state index contributed by atoms with van der Waals surface area (Å²) < 4.78 is 13.9. The Morgan fingerprint density at radius 1 is 0.263 bits per heavy atom. The fourth-order valence-corrected chi connectivity index (χ4v) is 9.07. The zero-order valence-electron chi connectivity index (χ0n) is 27.2. The molecule has 0 aliphatic carbocycles. The first kappa shape index (κ1) is 38.2. The van der Waals surface area contributed by atoms with E-state index >= 15 is 0 Å². The third-order valence-corrected chi connectivity index (χ3v) is 12.2. The highest BCUT2D eigenvalue weighted by atomic mass is 31.2. The molecule has 0 aromatic heterocycles. The van der Waals surface area contributed by atoms with Crippen molar-refractivity contribution in [3.63, 3.8) is 0 Å². The molecule has 0 atom stereocenters. The molecule has 0 aromatic carbocycles. The van der Waals surface area contributed by atoms with Gasteiger partial charge in [0.25, 0.3) is 0 Å². The second kappa shape index (κ2) is 31.8. The zero-order valence-corrected chi connectivity index (χ0v) is 28.1. The molecule has 0 fully saturated rings. The van der Waals surface area contributed by atoms with E-state index in [4.69, 9.17) is 0 Å². The van der Waals surface area contributed by atoms with Gasteiger partial charge in [0.2, 0.25) is 0 Å². The van der Waals surface area contributed by atoms with E-state index in [1.54, 1.807) is 0 Å². The van der Waals surface area contributed by atoms with Crippen LogP contribution in [0.1, 0.15) is 213 Å². The molecule has 0 aromatic rings. The van der Waals surface area contributed by atoms with Crippen LogP contribution in [0.5, 0.6) is 0 Å². The first-order chi connectivity index (χ1) is 18.7. The van der Waals surface area contributed by atoms with Crippen molar-refractivity contribution in [3.05, 3.63) is 0 Å². The van der Waals surface area contributed by atoms with Gasteiger partial charge in [0.1, 0.15) is 0 Å². The van der Waals surface area contributed by atoms with Crippen LogP contribution in [0.3, 0.4) is 0 Å². The normalized spacial score (nSPS) is 12.0. The fraction of sp³-hybridized carbons (Fsp3) is 1.00. The molecule has 230 valence electrons. The highest BCUT2D eigenvalue weighted by molar-refractivity contribution is 7.63. The lowest BCUT2D eigenvalue weighted by molar-refractivity contribution is 0.543. The van der Waals surface area contributed by atoms with Crippen LogP contribution in [0.25, 0.3) is 0 Å². The van der Waals surface area contributed by atoms with Gasteiger partial charge in [-0.15, -0.1) is 0 Å². The third kappa shape index (κ3) is 29.2. The molecule has 0 unspecified atom stereocenters. The molecule has 0 saturated carbocycles. The predicted octanol–water partition coefficient (Wildman–Crippen LogP) is 14.1. The Labute approximate surface area is 243 Å². The van der Waals surface area contributed by atoms with Gasteiger partial charge in [0, 0.05) is 18.5 Å². The molecular weight excluding hydrogens is 479 g/mol. The number of hydrogen-bond acceptors (Lipinski definition) is 1. The second-order valence-corrected chi connectivity index (χ2v) is 16.2. The second-order valence-electron chi connectivity index (χ2n) is 12.8. The van der Waals surface area contributed by atoms with Crippen molar-refractivity contribution in [2.75, 3.05) is 18.5 Å². The molecule has 2 heteroatoms. The van der Waals surface area contributed by atoms with Gasteiger partial charge in [0.05, 0.1) is 7.14 Å². The minimum absolute atomic E-state index is 1.05. The van der Waals surface area contributed by atoms with Crippen molar-refractivity contribution >= 4 is 7.14 Å². The van der Waals surface area contributed by atoms with Gasteiger partial charge in [-0.05, 0) is 19.3 Å². The zero-order chi connectivity index (χ0) is 27.8. The first-order valence-corrected chi connectivity index (χ1v) is 20.5. The molecule has 0 amide bonds. The Morgan fingerprint density at radius 3 is 0.605 bits per heavy atom. The van der Waals surface area contributed by atoms with Crippen LogP contribution in [-0.4, -0.2) is 18.5 Å². The van der Waals surface area contributed by atoms with Gasteiger partial charge in [-0.1, -0.05) is 194 Å². The van der Waals surface area contributed by atoms with Gasteiger partial charge in [0.15, 0.2) is 0 Å². The van der Waals surface area contributed by atoms with Crippen LogP contribution in [-0.2, 0) is 4.57 Å². The van der Waals surface area contributed by atoms with Crippen molar-refractivity contribution < 1.29 is 4.57 Å². The number of rotatable bonds is 33. The SMILES string of the molecule is CCCCCCCCCCCCP(=O)(CCCCCCCCCCCC)CCCCCCCCCCCC. The molecule has 0 bridgehead atoms. The quantitative estimate of drug-likeness (QED) is 0.0582. The van der Waals surface area contributed by atoms with Gasteiger partial charge in [-0.3, -0.25) is 0 Å². The summed E-state index contributed by atoms with van der Waals surface area (Å²) >= 11 is 0. The Morgan fingerprint density at radius 2 is 0.421 bits per heavy atom. The summed E-state index contributed by atoms with van der Waals surface area (Å²) in [4.78, 5) is 0. The van der Waals surface area contributed by atoms with Gasteiger partial charge < -0.3 is 4.57 Å². The number of unbranched alkanes of at least 4 members (excludes halogenated alkanes) is 27. The summed E-state index contributed by atoms with van der Waals surface area (Å²) in [7, 11) is -1.94. The van der Waals surface area contributed by atoms with Crippen LogP contribution < -0.4 is 0 Å². The van der Waals surface area contributed by atoms with Crippen molar-refractivity contribution in [2.45, 2.75) is 213 Å². The Balaban J connectivity index is 4.07. The van der Waals surface area contributed by atoms with Crippen molar-refractivity contribution in [3.8, 4) is 0 Å². The summed E-state index contributed by atoms with van der Waals surface area (Å²) in [5.74, 6) is 0. The van der Waals surface area contributed by atoms with Crippen LogP contribution in [0.2, 0.25) is 0 Å². The molecule has 38 heavy (non-hydrogen) atoms. The van der Waals surface area contributed by atoms with E-state index in [1.165, 1.54) is 193 Å². The predicted molar refractivity (Wildman–Crippen MR) is 178 cm³/mol. The maximum atomic E-state index is 13.9. The summed E-state index contributed by atoms with van der Waals surface area (Å²) in [6, 6.07) is 0. The minimum atomic E-state index is -1.94. The van der Waals surface area contributed by atoms with Crippen LogP contribution in [0.15, 0.2) is 0 Å². The van der Waals surface area contributed by atoms with E-state index < -0.39 is 7.14 Å². The van der Waals surface area contributed by atoms with E-state index in [2.05, 4.69) is 20.8 Å². The maximum absolute atomic E-state index is 13.9. The molecule has 0 saturated heterocycles. The van der Waals surface area contributed by atoms with Crippen LogP contribution in [0.4, 0.5) is 0 Å². The van der Waals surface area contributed by atoms with Crippen LogP contribution >= 0.6 is 7.14 Å². The monoisotopic (exact) mass is 555 g/mol. The fourth-order valence-electron chi connectivity index (χ4n) is 6.00. The molecule has 0 heterocycles. The number of hydrogen-bond donors (Lipinski definition) is 0. The Bertz CT molecular complexity index is 407. The summed E-state index contributed by atoms with van der Waals surface area (Å²) in [5, 5.41) is 0. The molecular formula is C36H75OP. The van der Waals surface area contributed by atoms with Gasteiger partial charge in [-0.25, -0.2) is 0 Å². The first-order valence-electron chi connectivity index (χ1n) is 18.3. The Hall–Kier alpha value is 0.230. The topological polar surface area (TPSA) is 17.1 Å². The lowest BCUT2D eigenvalue weighted by atomic mass is 10.1. The smallest absolute Gasteiger partial charge is 0.0877 e. The molecule has 0 spiro atoms. The summed E-state index contributed by atoms with van der Waals surface area (Å²) in [6.45, 7) is 6.89. The minimum Gasteiger partial charge on any atom is -0.324 e. The molecule has 0 rings (SSSR count). The highest BCUT2D eigenvalue weighted by Crippen LogP contribution is 2.48. The Kier molecular flexibility index (Phi) is 31.9. The van der Waals surface area contributed by atoms with Crippen molar-refractivity contribution in [1.29, 1.82) is 0 Å². The van der Waals surface area contributed by atoms with Crippen molar-refractivity contribution in [2.24, 2.45) is 0 Å². The van der Waals surface area contributed by atoms with Gasteiger partial charge >= 0.3 is 0 Å². The van der Waals surface area contributed by atoms with Crippen LogP contribution in [0, 0.1) is 0 Å². The summed E-state index contributed by atoms with van der Waals surface area (Å²) in [5.41, 5.74) is 0. The van der Waals surface area contributed by atoms with E-state index in [1.807, 2.05) is 0 Å². The third-order valence-electron chi connectivity index (χ3n) is 8.76. The maximum Gasteiger partial charge on any atom is 0.0877 e. The van der Waals surface area contributed by atoms with Crippen molar-refractivity contribution in [1.82, 2.24) is 0 Å².